The van der Waals surface area contributed by atoms with Gasteiger partial charge in [0.2, 0.25) is 0 Å². The van der Waals surface area contributed by atoms with Gasteiger partial charge in [0.1, 0.15) is 0 Å². The summed E-state index contributed by atoms with van der Waals surface area (Å²) in [6.45, 7) is 1.79. The summed E-state index contributed by atoms with van der Waals surface area (Å²) < 4.78 is 4.58. The van der Waals surface area contributed by atoms with Crippen LogP contribution < -0.4 is 0 Å². The Morgan fingerprint density at radius 3 is 2.86 bits per heavy atom. The molecule has 1 aromatic carbocycles. The first-order valence-corrected chi connectivity index (χ1v) is 4.27. The van der Waals surface area contributed by atoms with E-state index in [0.29, 0.717) is 5.56 Å². The normalized spacial score (nSPS) is 11.5. The Morgan fingerprint density at radius 2 is 2.29 bits per heavy atom. The van der Waals surface area contributed by atoms with Gasteiger partial charge >= 0.3 is 5.97 Å². The molecular formula is C11H11NO2. The molecule has 1 rings (SSSR count). The monoisotopic (exact) mass is 189 g/mol. The number of hydrogen-bond acceptors (Lipinski definition) is 3. The lowest BCUT2D eigenvalue weighted by atomic mass is 10.0. The van der Waals surface area contributed by atoms with Gasteiger partial charge in [-0.05, 0) is 24.6 Å². The lowest BCUT2D eigenvalue weighted by Crippen LogP contribution is -2.02. The van der Waals surface area contributed by atoms with Crippen molar-refractivity contribution in [2.24, 2.45) is 0 Å². The van der Waals surface area contributed by atoms with Crippen LogP contribution in [0.5, 0.6) is 0 Å². The van der Waals surface area contributed by atoms with Crippen LogP contribution in [0.3, 0.4) is 0 Å². The van der Waals surface area contributed by atoms with E-state index in [1.807, 2.05) is 6.07 Å². The number of nitrogens with zero attached hydrogens (tertiary/aromatic N) is 1. The molecule has 0 spiro atoms. The third kappa shape index (κ3) is 2.11. The van der Waals surface area contributed by atoms with Crippen LogP contribution in [0.4, 0.5) is 0 Å². The standard InChI is InChI=1S/C11H11NO2/c1-8(7-12)9-4-3-5-10(6-9)11(13)14-2/h3-6,8H,1-2H3/t8-/m1/s1. The van der Waals surface area contributed by atoms with Crippen molar-refractivity contribution >= 4 is 5.97 Å². The molecule has 0 radical (unpaired) electrons. The van der Waals surface area contributed by atoms with Crippen molar-refractivity contribution in [2.75, 3.05) is 7.11 Å². The highest BCUT2D eigenvalue weighted by atomic mass is 16.5. The minimum absolute atomic E-state index is 0.209. The molecule has 3 nitrogen and oxygen atoms in total. The van der Waals surface area contributed by atoms with Gasteiger partial charge < -0.3 is 4.74 Å². The Hall–Kier alpha value is -1.82. The summed E-state index contributed by atoms with van der Waals surface area (Å²) in [5.41, 5.74) is 1.31. The van der Waals surface area contributed by atoms with Gasteiger partial charge in [-0.2, -0.15) is 5.26 Å². The van der Waals surface area contributed by atoms with Crippen LogP contribution in [0.15, 0.2) is 24.3 Å². The summed E-state index contributed by atoms with van der Waals surface area (Å²) in [6, 6.07) is 9.02. The van der Waals surface area contributed by atoms with E-state index >= 15 is 0 Å². The predicted molar refractivity (Wildman–Crippen MR) is 51.8 cm³/mol. The predicted octanol–water partition coefficient (Wildman–Crippen LogP) is 2.10. The van der Waals surface area contributed by atoms with E-state index in [2.05, 4.69) is 10.8 Å². The Bertz CT molecular complexity index is 379. The summed E-state index contributed by atoms with van der Waals surface area (Å²) in [4.78, 5) is 11.2. The van der Waals surface area contributed by atoms with Crippen molar-refractivity contribution < 1.29 is 9.53 Å². The molecule has 0 saturated heterocycles. The molecule has 0 aliphatic carbocycles. The molecule has 0 amide bonds. The minimum atomic E-state index is -0.378. The Kier molecular flexibility index (Phi) is 3.24. The van der Waals surface area contributed by atoms with Crippen LogP contribution in [0.25, 0.3) is 0 Å². The van der Waals surface area contributed by atoms with Crippen molar-refractivity contribution in [3.8, 4) is 6.07 Å². The average molecular weight is 189 g/mol. The Balaban J connectivity index is 3.02. The number of carbonyl (C=O) groups is 1. The maximum atomic E-state index is 11.2. The second kappa shape index (κ2) is 4.43. The van der Waals surface area contributed by atoms with Crippen molar-refractivity contribution in [1.82, 2.24) is 0 Å². The Labute approximate surface area is 82.9 Å². The van der Waals surface area contributed by atoms with Gasteiger partial charge in [0.05, 0.1) is 24.7 Å². The van der Waals surface area contributed by atoms with Gasteiger partial charge in [-0.3, -0.25) is 0 Å². The van der Waals surface area contributed by atoms with Crippen molar-refractivity contribution in [2.45, 2.75) is 12.8 Å². The number of esters is 1. The van der Waals surface area contributed by atoms with Gasteiger partial charge in [0.25, 0.3) is 0 Å². The van der Waals surface area contributed by atoms with Crippen LogP contribution in [-0.2, 0) is 4.74 Å². The average Bonchev–Trinajstić information content (AvgIpc) is 2.27. The van der Waals surface area contributed by atoms with Crippen molar-refractivity contribution in [1.29, 1.82) is 5.26 Å². The molecule has 0 aromatic heterocycles. The van der Waals surface area contributed by atoms with Crippen molar-refractivity contribution in [3.63, 3.8) is 0 Å². The lowest BCUT2D eigenvalue weighted by molar-refractivity contribution is 0.0600. The maximum Gasteiger partial charge on any atom is 0.337 e. The van der Waals surface area contributed by atoms with Crippen LogP contribution in [0, 0.1) is 11.3 Å². The zero-order valence-corrected chi connectivity index (χ0v) is 8.15. The zero-order chi connectivity index (χ0) is 10.6. The molecule has 0 bridgehead atoms. The van der Waals surface area contributed by atoms with E-state index in [1.54, 1.807) is 25.1 Å². The van der Waals surface area contributed by atoms with E-state index < -0.39 is 0 Å². The highest BCUT2D eigenvalue weighted by Crippen LogP contribution is 2.15. The summed E-state index contributed by atoms with van der Waals surface area (Å²) >= 11 is 0. The van der Waals surface area contributed by atoms with Gasteiger partial charge in [0, 0.05) is 0 Å². The smallest absolute Gasteiger partial charge is 0.337 e. The molecule has 0 heterocycles. The third-order valence-electron chi connectivity index (χ3n) is 2.00. The first-order valence-electron chi connectivity index (χ1n) is 4.27. The van der Waals surface area contributed by atoms with E-state index in [-0.39, 0.29) is 11.9 Å². The highest BCUT2D eigenvalue weighted by molar-refractivity contribution is 5.89. The number of hydrogen-bond donors (Lipinski definition) is 0. The lowest BCUT2D eigenvalue weighted by Gasteiger charge is -2.04. The number of methoxy groups -OCH3 is 1. The fourth-order valence-corrected chi connectivity index (χ4v) is 1.13. The second-order valence-corrected chi connectivity index (χ2v) is 2.97. The molecular weight excluding hydrogens is 178 g/mol. The van der Waals surface area contributed by atoms with Gasteiger partial charge in [-0.15, -0.1) is 0 Å². The highest BCUT2D eigenvalue weighted by Gasteiger charge is 2.08. The summed E-state index contributed by atoms with van der Waals surface area (Å²) in [6.07, 6.45) is 0. The van der Waals surface area contributed by atoms with E-state index in [0.717, 1.165) is 5.56 Å². The van der Waals surface area contributed by atoms with E-state index in [4.69, 9.17) is 5.26 Å². The van der Waals surface area contributed by atoms with E-state index in [9.17, 15) is 4.79 Å². The van der Waals surface area contributed by atoms with Gasteiger partial charge in [-0.1, -0.05) is 12.1 Å². The number of carbonyl (C=O) groups excluding carboxylic acids is 1. The Morgan fingerprint density at radius 1 is 1.57 bits per heavy atom. The molecule has 0 aliphatic rings. The molecule has 0 aliphatic heterocycles. The molecule has 0 fully saturated rings. The number of ether oxygens (including phenoxy) is 1. The summed E-state index contributed by atoms with van der Waals surface area (Å²) in [5, 5.41) is 8.71. The number of benzene rings is 1. The van der Waals surface area contributed by atoms with Crippen molar-refractivity contribution in [3.05, 3.63) is 35.4 Å². The molecule has 1 aromatic rings. The fraction of sp³-hybridized carbons (Fsp3) is 0.273. The van der Waals surface area contributed by atoms with Crippen LogP contribution in [-0.4, -0.2) is 13.1 Å². The zero-order valence-electron chi connectivity index (χ0n) is 8.15. The van der Waals surface area contributed by atoms with Gasteiger partial charge in [-0.25, -0.2) is 4.79 Å². The van der Waals surface area contributed by atoms with Crippen LogP contribution >= 0.6 is 0 Å². The molecule has 14 heavy (non-hydrogen) atoms. The number of rotatable bonds is 2. The first-order chi connectivity index (χ1) is 6.69. The topological polar surface area (TPSA) is 50.1 Å². The van der Waals surface area contributed by atoms with E-state index in [1.165, 1.54) is 7.11 Å². The summed E-state index contributed by atoms with van der Waals surface area (Å²) in [5.74, 6) is -0.586. The SMILES string of the molecule is COC(=O)c1cccc([C@H](C)C#N)c1. The summed E-state index contributed by atoms with van der Waals surface area (Å²) in [7, 11) is 1.34. The first kappa shape index (κ1) is 10.3. The molecule has 0 saturated carbocycles. The van der Waals surface area contributed by atoms with Gasteiger partial charge in [0.15, 0.2) is 0 Å². The van der Waals surface area contributed by atoms with Crippen LogP contribution in [0.1, 0.15) is 28.8 Å². The fourth-order valence-electron chi connectivity index (χ4n) is 1.13. The largest absolute Gasteiger partial charge is 0.465 e. The quantitative estimate of drug-likeness (QED) is 0.669. The number of nitriles is 1. The molecule has 0 unspecified atom stereocenters. The molecule has 1 atom stereocenters. The third-order valence-corrected chi connectivity index (χ3v) is 2.00. The maximum absolute atomic E-state index is 11.2. The minimum Gasteiger partial charge on any atom is -0.465 e. The molecule has 72 valence electrons. The second-order valence-electron chi connectivity index (χ2n) is 2.97. The molecule has 3 heteroatoms. The molecule has 0 N–H and O–H groups in total. The van der Waals surface area contributed by atoms with Crippen LogP contribution in [0.2, 0.25) is 0 Å².